The van der Waals surface area contributed by atoms with Crippen molar-refractivity contribution in [1.29, 1.82) is 0 Å². The maximum atomic E-state index is 13.9. The Hall–Kier alpha value is -1.41. The molecule has 100 valence electrons. The van der Waals surface area contributed by atoms with E-state index in [9.17, 15) is 4.39 Å². The summed E-state index contributed by atoms with van der Waals surface area (Å²) in [5.74, 6) is -1.06. The monoisotopic (exact) mass is 277 g/mol. The molecule has 0 amide bonds. The van der Waals surface area contributed by atoms with Crippen LogP contribution in [-0.2, 0) is 6.42 Å². The van der Waals surface area contributed by atoms with Crippen LogP contribution >= 0.6 is 9.24 Å². The Morgan fingerprint density at radius 1 is 1.47 bits per heavy atom. The van der Waals surface area contributed by atoms with Gasteiger partial charge in [0.05, 0.1) is 6.20 Å². The quantitative estimate of drug-likeness (QED) is 0.854. The molecule has 0 bridgehead atoms. The number of halogens is 1. The first-order valence-electron chi connectivity index (χ1n) is 6.43. The first-order valence-corrected chi connectivity index (χ1v) is 7.10. The molecule has 1 aliphatic rings. The van der Waals surface area contributed by atoms with E-state index in [0.717, 1.165) is 36.2 Å². The molecule has 2 aromatic rings. The summed E-state index contributed by atoms with van der Waals surface area (Å²) in [6.07, 6.45) is 5.75. The van der Waals surface area contributed by atoms with Crippen molar-refractivity contribution >= 4 is 14.9 Å². The largest absolute Gasteiger partial charge is 0.374 e. The van der Waals surface area contributed by atoms with Crippen LogP contribution in [0.2, 0.25) is 0 Å². The molecule has 1 aromatic heterocycles. The number of nitrogens with one attached hydrogen (secondary N) is 1. The third kappa shape index (κ3) is 2.25. The summed E-state index contributed by atoms with van der Waals surface area (Å²) >= 11 is 0. The molecule has 1 aliphatic heterocycles. The van der Waals surface area contributed by atoms with E-state index < -0.39 is 5.91 Å². The summed E-state index contributed by atoms with van der Waals surface area (Å²) in [6.45, 7) is 1.03. The Morgan fingerprint density at radius 2 is 2.32 bits per heavy atom. The highest BCUT2D eigenvalue weighted by Crippen LogP contribution is 2.39. The fourth-order valence-corrected chi connectivity index (χ4v) is 2.98. The Morgan fingerprint density at radius 3 is 3.00 bits per heavy atom. The minimum Gasteiger partial charge on any atom is -0.374 e. The van der Waals surface area contributed by atoms with Gasteiger partial charge in [-0.3, -0.25) is 5.10 Å². The first-order chi connectivity index (χ1) is 9.16. The number of benzene rings is 1. The maximum Gasteiger partial charge on any atom is 0.139 e. The summed E-state index contributed by atoms with van der Waals surface area (Å²) in [6, 6.07) is 4.09. The van der Waals surface area contributed by atoms with Gasteiger partial charge in [-0.2, -0.15) is 5.10 Å². The molecule has 19 heavy (non-hydrogen) atoms. The number of nitrogens with zero attached hydrogens (tertiary/aromatic N) is 2. The zero-order valence-electron chi connectivity index (χ0n) is 10.9. The van der Waals surface area contributed by atoms with Crippen LogP contribution in [0.25, 0.3) is 11.1 Å². The van der Waals surface area contributed by atoms with E-state index in [1.54, 1.807) is 6.20 Å². The SMILES string of the molecule is CN1CCCc2cc(-c3cn[nH]c3)c(C(F)P)cc21. The third-order valence-corrected chi connectivity index (χ3v) is 4.07. The number of hydrogen-bond acceptors (Lipinski definition) is 2. The number of anilines is 1. The Kier molecular flexibility index (Phi) is 3.28. The highest BCUT2D eigenvalue weighted by atomic mass is 31.0. The average molecular weight is 277 g/mol. The van der Waals surface area contributed by atoms with E-state index in [1.807, 2.05) is 12.3 Å². The molecule has 1 N–H and O–H groups in total. The smallest absolute Gasteiger partial charge is 0.139 e. The van der Waals surface area contributed by atoms with Crippen molar-refractivity contribution in [1.82, 2.24) is 10.2 Å². The summed E-state index contributed by atoms with van der Waals surface area (Å²) < 4.78 is 13.9. The number of aromatic nitrogens is 2. The molecule has 0 radical (unpaired) electrons. The van der Waals surface area contributed by atoms with Crippen LogP contribution < -0.4 is 4.90 Å². The van der Waals surface area contributed by atoms with Gasteiger partial charge in [0.1, 0.15) is 5.91 Å². The highest BCUT2D eigenvalue weighted by molar-refractivity contribution is 7.16. The van der Waals surface area contributed by atoms with E-state index in [0.29, 0.717) is 5.56 Å². The van der Waals surface area contributed by atoms with Crippen LogP contribution in [0, 0.1) is 0 Å². The van der Waals surface area contributed by atoms with E-state index >= 15 is 0 Å². The molecule has 5 heteroatoms. The predicted molar refractivity (Wildman–Crippen MR) is 79.2 cm³/mol. The first kappa shape index (κ1) is 12.6. The van der Waals surface area contributed by atoms with Gasteiger partial charge in [-0.15, -0.1) is 0 Å². The van der Waals surface area contributed by atoms with Crippen LogP contribution in [0.4, 0.5) is 10.1 Å². The molecule has 3 nitrogen and oxygen atoms in total. The molecule has 2 atom stereocenters. The molecule has 1 aromatic carbocycles. The summed E-state index contributed by atoms with van der Waals surface area (Å²) in [4.78, 5) is 2.20. The van der Waals surface area contributed by atoms with Gasteiger partial charge < -0.3 is 4.90 Å². The summed E-state index contributed by atoms with van der Waals surface area (Å²) in [5.41, 5.74) is 5.03. The fourth-order valence-electron chi connectivity index (χ4n) is 2.71. The Balaban J connectivity index is 2.18. The van der Waals surface area contributed by atoms with Crippen LogP contribution in [0.5, 0.6) is 0 Å². The van der Waals surface area contributed by atoms with Crippen LogP contribution in [0.15, 0.2) is 24.5 Å². The van der Waals surface area contributed by atoms with Gasteiger partial charge in [0.15, 0.2) is 0 Å². The molecule has 0 fully saturated rings. The van der Waals surface area contributed by atoms with E-state index in [4.69, 9.17) is 0 Å². The van der Waals surface area contributed by atoms with Crippen molar-refractivity contribution in [3.8, 4) is 11.1 Å². The van der Waals surface area contributed by atoms with Gasteiger partial charge in [-0.1, -0.05) is 9.24 Å². The number of rotatable bonds is 2. The topological polar surface area (TPSA) is 31.9 Å². The van der Waals surface area contributed by atoms with Crippen LogP contribution in [0.1, 0.15) is 23.5 Å². The molecule has 2 unspecified atom stereocenters. The minimum atomic E-state index is -1.06. The van der Waals surface area contributed by atoms with Crippen LogP contribution in [0.3, 0.4) is 0 Å². The van der Waals surface area contributed by atoms with E-state index in [1.165, 1.54) is 5.56 Å². The molecule has 3 rings (SSSR count). The van der Waals surface area contributed by atoms with Gasteiger partial charge in [0.2, 0.25) is 0 Å². The van der Waals surface area contributed by atoms with Gasteiger partial charge in [-0.05, 0) is 41.7 Å². The molecule has 0 saturated carbocycles. The average Bonchev–Trinajstić information content (AvgIpc) is 2.91. The lowest BCUT2D eigenvalue weighted by Gasteiger charge is -2.29. The van der Waals surface area contributed by atoms with Crippen molar-refractivity contribution in [3.05, 3.63) is 35.7 Å². The van der Waals surface area contributed by atoms with Crippen molar-refractivity contribution in [3.63, 3.8) is 0 Å². The van der Waals surface area contributed by atoms with E-state index in [2.05, 4.69) is 37.5 Å². The number of alkyl halides is 1. The molecule has 0 spiro atoms. The second kappa shape index (κ2) is 4.93. The van der Waals surface area contributed by atoms with Gasteiger partial charge in [0.25, 0.3) is 0 Å². The van der Waals surface area contributed by atoms with Crippen molar-refractivity contribution < 1.29 is 4.39 Å². The number of aromatic amines is 1. The standard InChI is InChI=1S/C14H17FN3P/c1-18-4-2-3-9-5-11(10-7-16-17-8-10)12(14(15)19)6-13(9)18/h5-8,14H,2-4,19H2,1H3,(H,16,17). The van der Waals surface area contributed by atoms with Crippen molar-refractivity contribution in [2.24, 2.45) is 0 Å². The van der Waals surface area contributed by atoms with Crippen molar-refractivity contribution in [2.75, 3.05) is 18.5 Å². The number of fused-ring (bicyclic) bond motifs is 1. The summed E-state index contributed by atoms with van der Waals surface area (Å²) in [5, 5.41) is 6.75. The number of aryl methyl sites for hydroxylation is 1. The normalized spacial score (nSPS) is 16.3. The third-order valence-electron chi connectivity index (χ3n) is 3.71. The fraction of sp³-hybridized carbons (Fsp3) is 0.357. The maximum absolute atomic E-state index is 13.9. The van der Waals surface area contributed by atoms with Gasteiger partial charge >= 0.3 is 0 Å². The van der Waals surface area contributed by atoms with E-state index in [-0.39, 0.29) is 0 Å². The summed E-state index contributed by atoms with van der Waals surface area (Å²) in [7, 11) is 4.30. The lowest BCUT2D eigenvalue weighted by Crippen LogP contribution is -2.24. The minimum absolute atomic E-state index is 0.707. The van der Waals surface area contributed by atoms with Gasteiger partial charge in [-0.25, -0.2) is 4.39 Å². The zero-order chi connectivity index (χ0) is 13.4. The second-order valence-corrected chi connectivity index (χ2v) is 5.57. The molecule has 0 saturated heterocycles. The second-order valence-electron chi connectivity index (χ2n) is 4.98. The van der Waals surface area contributed by atoms with Crippen molar-refractivity contribution in [2.45, 2.75) is 18.8 Å². The Labute approximate surface area is 114 Å². The molecular formula is C14H17FN3P. The number of hydrogen-bond donors (Lipinski definition) is 1. The predicted octanol–water partition coefficient (Wildman–Crippen LogP) is 3.30. The Bertz CT molecular complexity index is 581. The highest BCUT2D eigenvalue weighted by Gasteiger charge is 2.20. The zero-order valence-corrected chi connectivity index (χ0v) is 12.0. The molecular weight excluding hydrogens is 260 g/mol. The van der Waals surface area contributed by atoms with Gasteiger partial charge in [0, 0.05) is 31.0 Å². The lowest BCUT2D eigenvalue weighted by molar-refractivity contribution is 0.469. The molecule has 2 heterocycles. The van der Waals surface area contributed by atoms with Crippen LogP contribution in [-0.4, -0.2) is 23.8 Å². The lowest BCUT2D eigenvalue weighted by atomic mass is 9.93. The molecule has 0 aliphatic carbocycles. The number of H-pyrrole nitrogens is 1.